The number of carbonyl (C=O) groups is 2. The number of H-pyrrole nitrogens is 1. The fourth-order valence-corrected chi connectivity index (χ4v) is 1.70. The average molecular weight is 245 g/mol. The molecule has 2 aromatic rings. The van der Waals surface area contributed by atoms with E-state index in [0.717, 1.165) is 5.56 Å². The van der Waals surface area contributed by atoms with Crippen LogP contribution in [0.1, 0.15) is 26.5 Å². The third-order valence-electron chi connectivity index (χ3n) is 2.62. The number of carboxylic acids is 2. The van der Waals surface area contributed by atoms with Gasteiger partial charge in [0.25, 0.3) is 0 Å². The quantitative estimate of drug-likeness (QED) is 0.774. The van der Waals surface area contributed by atoms with E-state index in [1.807, 2.05) is 19.1 Å². The van der Waals surface area contributed by atoms with Gasteiger partial charge in [0, 0.05) is 5.56 Å². The molecule has 92 valence electrons. The summed E-state index contributed by atoms with van der Waals surface area (Å²) in [4.78, 5) is 24.3. The Morgan fingerprint density at radius 1 is 1.06 bits per heavy atom. The van der Waals surface area contributed by atoms with Crippen molar-refractivity contribution in [3.05, 3.63) is 47.3 Å². The number of carboxylic acid groups (broad SMARTS) is 2. The molecule has 3 N–H and O–H groups in total. The van der Waals surface area contributed by atoms with Crippen molar-refractivity contribution in [3.63, 3.8) is 0 Å². The molecule has 0 radical (unpaired) electrons. The molecule has 1 aromatic carbocycles. The Bertz CT molecular complexity index is 610. The van der Waals surface area contributed by atoms with Crippen molar-refractivity contribution in [2.45, 2.75) is 6.92 Å². The molecule has 5 nitrogen and oxygen atoms in total. The number of aromatic amines is 1. The van der Waals surface area contributed by atoms with E-state index in [0.29, 0.717) is 11.1 Å². The summed E-state index contributed by atoms with van der Waals surface area (Å²) in [5, 5.41) is 17.9. The van der Waals surface area contributed by atoms with Gasteiger partial charge < -0.3 is 15.2 Å². The number of aromatic carboxylic acids is 2. The topological polar surface area (TPSA) is 90.4 Å². The third-order valence-corrected chi connectivity index (χ3v) is 2.62. The van der Waals surface area contributed by atoms with Crippen molar-refractivity contribution in [2.24, 2.45) is 0 Å². The summed E-state index contributed by atoms with van der Waals surface area (Å²) in [7, 11) is 0. The van der Waals surface area contributed by atoms with Gasteiger partial charge in [-0.05, 0) is 18.6 Å². The summed E-state index contributed by atoms with van der Waals surface area (Å²) in [6.45, 7) is 1.92. The van der Waals surface area contributed by atoms with Gasteiger partial charge >= 0.3 is 11.9 Å². The molecule has 0 atom stereocenters. The maximum absolute atomic E-state index is 11.1. The molecule has 0 unspecified atom stereocenters. The lowest BCUT2D eigenvalue weighted by Crippen LogP contribution is -2.01. The van der Waals surface area contributed by atoms with Crippen molar-refractivity contribution in [1.82, 2.24) is 4.98 Å². The number of hydrogen-bond donors (Lipinski definition) is 3. The second kappa shape index (κ2) is 4.37. The SMILES string of the molecule is Cc1ccc(-c2cc(C(=O)O)[nH]c2C(=O)O)cc1. The van der Waals surface area contributed by atoms with E-state index in [4.69, 9.17) is 10.2 Å². The van der Waals surface area contributed by atoms with E-state index < -0.39 is 11.9 Å². The van der Waals surface area contributed by atoms with Crippen molar-refractivity contribution >= 4 is 11.9 Å². The zero-order valence-corrected chi connectivity index (χ0v) is 9.60. The Morgan fingerprint density at radius 2 is 1.67 bits per heavy atom. The first-order chi connectivity index (χ1) is 8.49. The normalized spacial score (nSPS) is 10.3. The molecule has 0 bridgehead atoms. The predicted octanol–water partition coefficient (Wildman–Crippen LogP) is 2.39. The zero-order valence-electron chi connectivity index (χ0n) is 9.60. The summed E-state index contributed by atoms with van der Waals surface area (Å²) in [5.41, 5.74) is 1.84. The molecular weight excluding hydrogens is 234 g/mol. The van der Waals surface area contributed by atoms with Crippen LogP contribution in [0, 0.1) is 6.92 Å². The smallest absolute Gasteiger partial charge is 0.352 e. The lowest BCUT2D eigenvalue weighted by Gasteiger charge is -2.00. The van der Waals surface area contributed by atoms with Crippen LogP contribution in [0.5, 0.6) is 0 Å². The Hall–Kier alpha value is -2.56. The van der Waals surface area contributed by atoms with Gasteiger partial charge in [-0.15, -0.1) is 0 Å². The van der Waals surface area contributed by atoms with Crippen LogP contribution < -0.4 is 0 Å². The molecule has 0 amide bonds. The van der Waals surface area contributed by atoms with Crippen LogP contribution in [0.25, 0.3) is 11.1 Å². The van der Waals surface area contributed by atoms with Crippen molar-refractivity contribution < 1.29 is 19.8 Å². The monoisotopic (exact) mass is 245 g/mol. The minimum atomic E-state index is -1.18. The number of aryl methyl sites for hydroxylation is 1. The molecule has 0 fully saturated rings. The van der Waals surface area contributed by atoms with Gasteiger partial charge in [-0.25, -0.2) is 9.59 Å². The van der Waals surface area contributed by atoms with Gasteiger partial charge in [0.2, 0.25) is 0 Å². The number of aromatic nitrogens is 1. The molecule has 0 aliphatic carbocycles. The van der Waals surface area contributed by atoms with Crippen LogP contribution in [0.4, 0.5) is 0 Å². The first kappa shape index (κ1) is 11.9. The highest BCUT2D eigenvalue weighted by molar-refractivity contribution is 5.98. The Kier molecular flexibility index (Phi) is 2.89. The van der Waals surface area contributed by atoms with Gasteiger partial charge in [0.1, 0.15) is 11.4 Å². The van der Waals surface area contributed by atoms with Crippen LogP contribution in [-0.2, 0) is 0 Å². The first-order valence-corrected chi connectivity index (χ1v) is 5.25. The van der Waals surface area contributed by atoms with Gasteiger partial charge in [0.15, 0.2) is 0 Å². The lowest BCUT2D eigenvalue weighted by molar-refractivity contribution is 0.0689. The van der Waals surface area contributed by atoms with E-state index in [2.05, 4.69) is 4.98 Å². The van der Waals surface area contributed by atoms with Crippen LogP contribution in [0.3, 0.4) is 0 Å². The lowest BCUT2D eigenvalue weighted by atomic mass is 10.0. The second-order valence-corrected chi connectivity index (χ2v) is 3.95. The summed E-state index contributed by atoms with van der Waals surface area (Å²) < 4.78 is 0. The van der Waals surface area contributed by atoms with Gasteiger partial charge in [-0.3, -0.25) is 0 Å². The summed E-state index contributed by atoms with van der Waals surface area (Å²) in [6, 6.07) is 8.53. The van der Waals surface area contributed by atoms with E-state index in [-0.39, 0.29) is 11.4 Å². The molecule has 1 aromatic heterocycles. The van der Waals surface area contributed by atoms with Crippen LogP contribution in [0.15, 0.2) is 30.3 Å². The van der Waals surface area contributed by atoms with Crippen molar-refractivity contribution in [3.8, 4) is 11.1 Å². The van der Waals surface area contributed by atoms with Crippen LogP contribution in [-0.4, -0.2) is 27.1 Å². The maximum atomic E-state index is 11.1. The van der Waals surface area contributed by atoms with Gasteiger partial charge in [-0.1, -0.05) is 29.8 Å². The van der Waals surface area contributed by atoms with E-state index in [1.54, 1.807) is 12.1 Å². The molecule has 5 heteroatoms. The number of benzene rings is 1. The third kappa shape index (κ3) is 2.10. The minimum Gasteiger partial charge on any atom is -0.477 e. The molecular formula is C13H11NO4. The zero-order chi connectivity index (χ0) is 13.3. The maximum Gasteiger partial charge on any atom is 0.352 e. The highest BCUT2D eigenvalue weighted by Crippen LogP contribution is 2.25. The molecule has 0 aliphatic rings. The molecule has 2 rings (SSSR count). The fraction of sp³-hybridized carbons (Fsp3) is 0.0769. The molecule has 0 saturated heterocycles. The van der Waals surface area contributed by atoms with Crippen molar-refractivity contribution in [2.75, 3.05) is 0 Å². The first-order valence-electron chi connectivity index (χ1n) is 5.25. The average Bonchev–Trinajstić information content (AvgIpc) is 2.75. The molecule has 0 aliphatic heterocycles. The Balaban J connectivity index is 2.58. The number of rotatable bonds is 3. The van der Waals surface area contributed by atoms with E-state index in [9.17, 15) is 9.59 Å². The van der Waals surface area contributed by atoms with E-state index in [1.165, 1.54) is 6.07 Å². The summed E-state index contributed by atoms with van der Waals surface area (Å²) >= 11 is 0. The summed E-state index contributed by atoms with van der Waals surface area (Å²) in [6.07, 6.45) is 0. The standard InChI is InChI=1S/C13H11NO4/c1-7-2-4-8(5-3-7)9-6-10(12(15)16)14-11(9)13(17)18/h2-6,14H,1H3,(H,15,16)(H,17,18). The van der Waals surface area contributed by atoms with E-state index >= 15 is 0 Å². The fourth-order valence-electron chi connectivity index (χ4n) is 1.70. The molecule has 0 spiro atoms. The highest BCUT2D eigenvalue weighted by Gasteiger charge is 2.18. The molecule has 18 heavy (non-hydrogen) atoms. The molecule has 1 heterocycles. The largest absolute Gasteiger partial charge is 0.477 e. The van der Waals surface area contributed by atoms with Crippen LogP contribution in [0.2, 0.25) is 0 Å². The second-order valence-electron chi connectivity index (χ2n) is 3.95. The predicted molar refractivity (Wildman–Crippen MR) is 64.9 cm³/mol. The number of nitrogens with one attached hydrogen (secondary N) is 1. The minimum absolute atomic E-state index is 0.115. The Morgan fingerprint density at radius 3 is 2.17 bits per heavy atom. The van der Waals surface area contributed by atoms with Gasteiger partial charge in [0.05, 0.1) is 0 Å². The summed E-state index contributed by atoms with van der Waals surface area (Å²) in [5.74, 6) is -2.37. The highest BCUT2D eigenvalue weighted by atomic mass is 16.4. The van der Waals surface area contributed by atoms with Crippen molar-refractivity contribution in [1.29, 1.82) is 0 Å². The Labute approximate surface area is 103 Å². The van der Waals surface area contributed by atoms with Gasteiger partial charge in [-0.2, -0.15) is 0 Å². The van der Waals surface area contributed by atoms with Crippen LogP contribution >= 0.6 is 0 Å². The molecule has 0 saturated carbocycles. The number of hydrogen-bond acceptors (Lipinski definition) is 2.